The normalized spacial score (nSPS) is 22.8. The number of likely N-dealkylation sites (tertiary alicyclic amines) is 1. The van der Waals surface area contributed by atoms with E-state index in [0.29, 0.717) is 18.7 Å². The van der Waals surface area contributed by atoms with Gasteiger partial charge in [0.05, 0.1) is 11.9 Å². The van der Waals surface area contributed by atoms with Crippen molar-refractivity contribution in [3.8, 4) is 0 Å². The third-order valence-corrected chi connectivity index (χ3v) is 4.33. The van der Waals surface area contributed by atoms with Crippen molar-refractivity contribution in [2.24, 2.45) is 0 Å². The maximum Gasteiger partial charge on any atom is 0.124 e. The average molecular weight is 304 g/mol. The van der Waals surface area contributed by atoms with Crippen molar-refractivity contribution in [3.63, 3.8) is 0 Å². The fourth-order valence-electron chi connectivity index (χ4n) is 2.97. The highest BCUT2D eigenvalue weighted by Gasteiger charge is 2.40. The predicted octanol–water partition coefficient (Wildman–Crippen LogP) is 1.17. The molecule has 22 heavy (non-hydrogen) atoms. The minimum atomic E-state index is -0.899. The van der Waals surface area contributed by atoms with Gasteiger partial charge in [-0.1, -0.05) is 5.21 Å². The monoisotopic (exact) mass is 304 g/mol. The van der Waals surface area contributed by atoms with Crippen LogP contribution in [0.4, 0.5) is 0 Å². The summed E-state index contributed by atoms with van der Waals surface area (Å²) in [5, 5.41) is 23.5. The van der Waals surface area contributed by atoms with E-state index >= 15 is 0 Å². The molecule has 1 aliphatic rings. The van der Waals surface area contributed by atoms with Crippen LogP contribution in [0.25, 0.3) is 0 Å². The molecule has 1 N–H and O–H groups in total. The van der Waals surface area contributed by atoms with Gasteiger partial charge in [0, 0.05) is 38.4 Å². The lowest BCUT2D eigenvalue weighted by Gasteiger charge is -2.21. The minimum Gasteiger partial charge on any atom is -0.382 e. The van der Waals surface area contributed by atoms with Gasteiger partial charge in [-0.2, -0.15) is 5.10 Å². The second-order valence-electron chi connectivity index (χ2n) is 6.31. The summed E-state index contributed by atoms with van der Waals surface area (Å²) in [4.78, 5) is 2.25. The van der Waals surface area contributed by atoms with E-state index in [1.807, 2.05) is 23.1 Å². The lowest BCUT2D eigenvalue weighted by Crippen LogP contribution is -2.31. The van der Waals surface area contributed by atoms with E-state index in [0.717, 1.165) is 19.6 Å². The van der Waals surface area contributed by atoms with Gasteiger partial charge in [-0.3, -0.25) is 9.58 Å². The van der Waals surface area contributed by atoms with Crippen molar-refractivity contribution in [1.82, 2.24) is 29.7 Å². The first-order chi connectivity index (χ1) is 10.5. The Morgan fingerprint density at radius 2 is 2.23 bits per heavy atom. The van der Waals surface area contributed by atoms with Gasteiger partial charge in [0.2, 0.25) is 0 Å². The van der Waals surface area contributed by atoms with Gasteiger partial charge in [-0.25, -0.2) is 4.68 Å². The number of hydrogen-bond donors (Lipinski definition) is 1. The summed E-state index contributed by atoms with van der Waals surface area (Å²) in [6.07, 6.45) is 4.38. The van der Waals surface area contributed by atoms with Crippen LogP contribution >= 0.6 is 0 Å². The van der Waals surface area contributed by atoms with Gasteiger partial charge >= 0.3 is 0 Å². The van der Waals surface area contributed by atoms with E-state index in [2.05, 4.69) is 41.1 Å². The van der Waals surface area contributed by atoms with Crippen molar-refractivity contribution in [2.75, 3.05) is 13.1 Å². The molecular formula is C15H24N6O. The quantitative estimate of drug-likeness (QED) is 0.898. The highest BCUT2D eigenvalue weighted by atomic mass is 16.3. The second kappa shape index (κ2) is 5.81. The third-order valence-electron chi connectivity index (χ3n) is 4.33. The molecule has 2 aromatic rings. The number of aliphatic hydroxyl groups is 1. The minimum absolute atomic E-state index is 0.251. The SMILES string of the molecule is CCn1nccc1CN1CC[C@](O)(c2cn(C(C)C)nn2)C1. The molecule has 1 aliphatic heterocycles. The first kappa shape index (κ1) is 15.2. The van der Waals surface area contributed by atoms with Crippen LogP contribution in [0, 0.1) is 0 Å². The molecule has 3 rings (SSSR count). The molecule has 0 unspecified atom stereocenters. The van der Waals surface area contributed by atoms with Gasteiger partial charge in [-0.05, 0) is 33.3 Å². The molecule has 3 heterocycles. The molecular weight excluding hydrogens is 280 g/mol. The van der Waals surface area contributed by atoms with Crippen molar-refractivity contribution in [3.05, 3.63) is 29.8 Å². The molecule has 0 radical (unpaired) electrons. The van der Waals surface area contributed by atoms with Crippen LogP contribution in [-0.2, 0) is 18.7 Å². The van der Waals surface area contributed by atoms with Crippen LogP contribution in [0.2, 0.25) is 0 Å². The van der Waals surface area contributed by atoms with Crippen LogP contribution in [0.5, 0.6) is 0 Å². The number of nitrogens with zero attached hydrogens (tertiary/aromatic N) is 6. The predicted molar refractivity (Wildman–Crippen MR) is 82.1 cm³/mol. The molecule has 7 heteroatoms. The summed E-state index contributed by atoms with van der Waals surface area (Å²) in [6, 6.07) is 2.29. The van der Waals surface area contributed by atoms with E-state index < -0.39 is 5.60 Å². The molecule has 1 fully saturated rings. The summed E-state index contributed by atoms with van der Waals surface area (Å²) in [7, 11) is 0. The van der Waals surface area contributed by atoms with Crippen molar-refractivity contribution < 1.29 is 5.11 Å². The van der Waals surface area contributed by atoms with Gasteiger partial charge < -0.3 is 5.11 Å². The van der Waals surface area contributed by atoms with Crippen LogP contribution in [0.1, 0.15) is 44.6 Å². The first-order valence-corrected chi connectivity index (χ1v) is 7.89. The van der Waals surface area contributed by atoms with Crippen molar-refractivity contribution >= 4 is 0 Å². The standard InChI is InChI=1S/C15H24N6O/c1-4-20-13(5-7-16-20)9-19-8-6-15(22,11-19)14-10-21(12(2)3)18-17-14/h5,7,10,12,22H,4,6,8-9,11H2,1-3H3/t15-/m1/s1. The maximum atomic E-state index is 10.9. The number of rotatable bonds is 5. The zero-order valence-electron chi connectivity index (χ0n) is 13.5. The highest BCUT2D eigenvalue weighted by Crippen LogP contribution is 2.31. The fraction of sp³-hybridized carbons (Fsp3) is 0.667. The Bertz CT molecular complexity index is 634. The summed E-state index contributed by atoms with van der Waals surface area (Å²) < 4.78 is 3.79. The summed E-state index contributed by atoms with van der Waals surface area (Å²) in [5.41, 5.74) is 0.954. The second-order valence-corrected chi connectivity index (χ2v) is 6.31. The van der Waals surface area contributed by atoms with E-state index in [4.69, 9.17) is 0 Å². The molecule has 0 bridgehead atoms. The van der Waals surface area contributed by atoms with E-state index in [-0.39, 0.29) is 6.04 Å². The molecule has 0 spiro atoms. The lowest BCUT2D eigenvalue weighted by molar-refractivity contribution is 0.0405. The van der Waals surface area contributed by atoms with Crippen LogP contribution in [0.3, 0.4) is 0 Å². The molecule has 0 amide bonds. The van der Waals surface area contributed by atoms with Gasteiger partial charge in [0.1, 0.15) is 11.3 Å². The van der Waals surface area contributed by atoms with Gasteiger partial charge in [0.25, 0.3) is 0 Å². The lowest BCUT2D eigenvalue weighted by atomic mass is 10.00. The first-order valence-electron chi connectivity index (χ1n) is 7.89. The smallest absolute Gasteiger partial charge is 0.124 e. The van der Waals surface area contributed by atoms with Crippen LogP contribution in [-0.4, -0.2) is 47.9 Å². The highest BCUT2D eigenvalue weighted by molar-refractivity contribution is 5.12. The fourth-order valence-corrected chi connectivity index (χ4v) is 2.97. The molecule has 0 aromatic carbocycles. The van der Waals surface area contributed by atoms with Gasteiger partial charge in [-0.15, -0.1) is 5.10 Å². The summed E-state index contributed by atoms with van der Waals surface area (Å²) in [6.45, 7) is 9.28. The van der Waals surface area contributed by atoms with E-state index in [9.17, 15) is 5.11 Å². The summed E-state index contributed by atoms with van der Waals surface area (Å²) in [5.74, 6) is 0. The Hall–Kier alpha value is -1.73. The molecule has 7 nitrogen and oxygen atoms in total. The Kier molecular flexibility index (Phi) is 4.01. The zero-order valence-corrected chi connectivity index (χ0v) is 13.5. The molecule has 2 aromatic heterocycles. The molecule has 1 saturated heterocycles. The number of aryl methyl sites for hydroxylation is 1. The number of aromatic nitrogens is 5. The Morgan fingerprint density at radius 1 is 1.41 bits per heavy atom. The number of hydrogen-bond acceptors (Lipinski definition) is 5. The largest absolute Gasteiger partial charge is 0.382 e. The Morgan fingerprint density at radius 3 is 2.91 bits per heavy atom. The Labute approximate surface area is 130 Å². The zero-order chi connectivity index (χ0) is 15.7. The number of β-amino-alcohol motifs (C(OH)–C–C–N with tert-alkyl or cyclic N) is 1. The van der Waals surface area contributed by atoms with Crippen molar-refractivity contribution in [1.29, 1.82) is 0 Å². The van der Waals surface area contributed by atoms with Gasteiger partial charge in [0.15, 0.2) is 0 Å². The molecule has 1 atom stereocenters. The van der Waals surface area contributed by atoms with Crippen molar-refractivity contribution in [2.45, 2.75) is 51.9 Å². The third kappa shape index (κ3) is 2.78. The van der Waals surface area contributed by atoms with Crippen LogP contribution < -0.4 is 0 Å². The molecule has 0 saturated carbocycles. The van der Waals surface area contributed by atoms with E-state index in [1.54, 1.807) is 4.68 Å². The topological polar surface area (TPSA) is 72.0 Å². The van der Waals surface area contributed by atoms with Crippen LogP contribution in [0.15, 0.2) is 18.5 Å². The Balaban J connectivity index is 1.70. The van der Waals surface area contributed by atoms with E-state index in [1.165, 1.54) is 5.69 Å². The molecule has 120 valence electrons. The average Bonchev–Trinajstić information content (AvgIpc) is 3.19. The summed E-state index contributed by atoms with van der Waals surface area (Å²) >= 11 is 0. The maximum absolute atomic E-state index is 10.9. The molecule has 0 aliphatic carbocycles.